The fourth-order valence-electron chi connectivity index (χ4n) is 1.87. The van der Waals surface area contributed by atoms with Crippen molar-refractivity contribution in [3.63, 3.8) is 0 Å². The zero-order valence-corrected chi connectivity index (χ0v) is 10.8. The molecule has 0 saturated heterocycles. The lowest BCUT2D eigenvalue weighted by Gasteiger charge is -2.04. The topological polar surface area (TPSA) is 61.6 Å². The Hall–Kier alpha value is -2.45. The van der Waals surface area contributed by atoms with Crippen LogP contribution in [-0.2, 0) is 6.54 Å². The maximum absolute atomic E-state index is 8.79. The molecule has 0 aliphatic rings. The molecule has 0 aliphatic heterocycles. The normalized spacial score (nSPS) is 10.3. The predicted octanol–water partition coefficient (Wildman–Crippen LogP) is 3.18. The molecular formula is C14H10N4S. The van der Waals surface area contributed by atoms with Crippen molar-refractivity contribution in [3.05, 3.63) is 53.3 Å². The fraction of sp³-hybridized carbons (Fsp3) is 0.0714. The van der Waals surface area contributed by atoms with E-state index in [-0.39, 0.29) is 0 Å². The number of nitrogens with one attached hydrogen (secondary N) is 1. The van der Waals surface area contributed by atoms with Gasteiger partial charge in [0, 0.05) is 17.3 Å². The summed E-state index contributed by atoms with van der Waals surface area (Å²) in [5.74, 6) is 0.668. The highest BCUT2D eigenvalue weighted by Gasteiger charge is 2.04. The van der Waals surface area contributed by atoms with Gasteiger partial charge in [-0.1, -0.05) is 18.2 Å². The lowest BCUT2D eigenvalue weighted by atomic mass is 10.2. The highest BCUT2D eigenvalue weighted by Crippen LogP contribution is 2.26. The molecule has 0 unspecified atom stereocenters. The smallest absolute Gasteiger partial charge is 0.145 e. The quantitative estimate of drug-likeness (QED) is 0.791. The zero-order chi connectivity index (χ0) is 13.1. The lowest BCUT2D eigenvalue weighted by Crippen LogP contribution is -2.01. The molecule has 0 amide bonds. The van der Waals surface area contributed by atoms with E-state index in [1.54, 1.807) is 17.4 Å². The van der Waals surface area contributed by atoms with Crippen LogP contribution in [0.4, 0.5) is 5.82 Å². The molecule has 0 radical (unpaired) electrons. The number of rotatable bonds is 3. The Morgan fingerprint density at radius 3 is 3.05 bits per heavy atom. The first kappa shape index (κ1) is 11.6. The Labute approximate surface area is 114 Å². The van der Waals surface area contributed by atoms with E-state index >= 15 is 0 Å². The standard InChI is InChI=1S/C14H10N4S/c15-6-11-5-14(18-9-17-11)16-7-10-8-19-13-4-2-1-3-12(10)13/h1-5,8-9H,7H2,(H,16,17,18). The van der Waals surface area contributed by atoms with E-state index in [0.29, 0.717) is 18.1 Å². The molecule has 1 aromatic carbocycles. The van der Waals surface area contributed by atoms with Gasteiger partial charge in [0.05, 0.1) is 0 Å². The average Bonchev–Trinajstić information content (AvgIpc) is 2.89. The molecule has 92 valence electrons. The molecule has 0 bridgehead atoms. The molecule has 0 saturated carbocycles. The number of aromatic nitrogens is 2. The van der Waals surface area contributed by atoms with Crippen molar-refractivity contribution in [3.8, 4) is 6.07 Å². The number of fused-ring (bicyclic) bond motifs is 1. The summed E-state index contributed by atoms with van der Waals surface area (Å²) in [7, 11) is 0. The van der Waals surface area contributed by atoms with E-state index in [2.05, 4.69) is 32.8 Å². The molecule has 0 atom stereocenters. The van der Waals surface area contributed by atoms with Crippen LogP contribution in [0.15, 0.2) is 42.0 Å². The number of nitriles is 1. The number of anilines is 1. The SMILES string of the molecule is N#Cc1cc(NCc2csc3ccccc23)ncn1. The molecular weight excluding hydrogens is 256 g/mol. The maximum Gasteiger partial charge on any atom is 0.145 e. The number of benzene rings is 1. The van der Waals surface area contributed by atoms with Crippen LogP contribution < -0.4 is 5.32 Å². The van der Waals surface area contributed by atoms with Gasteiger partial charge in [-0.15, -0.1) is 11.3 Å². The third kappa shape index (κ3) is 2.39. The van der Waals surface area contributed by atoms with Gasteiger partial charge in [-0.3, -0.25) is 0 Å². The van der Waals surface area contributed by atoms with Crippen molar-refractivity contribution < 1.29 is 0 Å². The Kier molecular flexibility index (Phi) is 3.09. The van der Waals surface area contributed by atoms with E-state index in [9.17, 15) is 0 Å². The third-order valence-electron chi connectivity index (χ3n) is 2.80. The van der Waals surface area contributed by atoms with Gasteiger partial charge in [-0.25, -0.2) is 9.97 Å². The van der Waals surface area contributed by atoms with Gasteiger partial charge in [0.15, 0.2) is 0 Å². The van der Waals surface area contributed by atoms with E-state index in [4.69, 9.17) is 5.26 Å². The second-order valence-corrected chi connectivity index (χ2v) is 4.92. The van der Waals surface area contributed by atoms with Crippen LogP contribution in [0, 0.1) is 11.3 Å². The fourth-order valence-corrected chi connectivity index (χ4v) is 2.83. The van der Waals surface area contributed by atoms with Gasteiger partial charge < -0.3 is 5.32 Å². The van der Waals surface area contributed by atoms with Gasteiger partial charge in [-0.2, -0.15) is 5.26 Å². The van der Waals surface area contributed by atoms with Crippen molar-refractivity contribution in [2.75, 3.05) is 5.32 Å². The molecule has 1 N–H and O–H groups in total. The Balaban J connectivity index is 1.81. The molecule has 3 aromatic rings. The van der Waals surface area contributed by atoms with Gasteiger partial charge in [0.25, 0.3) is 0 Å². The molecule has 2 aromatic heterocycles. The second-order valence-electron chi connectivity index (χ2n) is 4.01. The summed E-state index contributed by atoms with van der Waals surface area (Å²) < 4.78 is 1.28. The Morgan fingerprint density at radius 2 is 2.16 bits per heavy atom. The molecule has 4 nitrogen and oxygen atoms in total. The van der Waals surface area contributed by atoms with Crippen molar-refractivity contribution >= 4 is 27.2 Å². The highest BCUT2D eigenvalue weighted by atomic mass is 32.1. The van der Waals surface area contributed by atoms with Crippen LogP contribution in [0.25, 0.3) is 10.1 Å². The largest absolute Gasteiger partial charge is 0.366 e. The van der Waals surface area contributed by atoms with Gasteiger partial charge in [0.1, 0.15) is 23.9 Å². The summed E-state index contributed by atoms with van der Waals surface area (Å²) in [5, 5.41) is 15.4. The number of hydrogen-bond donors (Lipinski definition) is 1. The predicted molar refractivity (Wildman–Crippen MR) is 75.9 cm³/mol. The first-order valence-electron chi connectivity index (χ1n) is 5.78. The minimum atomic E-state index is 0.368. The Morgan fingerprint density at radius 1 is 1.26 bits per heavy atom. The van der Waals surface area contributed by atoms with Crippen LogP contribution in [0.1, 0.15) is 11.3 Å². The lowest BCUT2D eigenvalue weighted by molar-refractivity contribution is 1.08. The van der Waals surface area contributed by atoms with Gasteiger partial charge >= 0.3 is 0 Å². The molecule has 3 rings (SSSR count). The van der Waals surface area contributed by atoms with E-state index in [1.807, 2.05) is 18.2 Å². The average molecular weight is 266 g/mol. The monoisotopic (exact) mass is 266 g/mol. The van der Waals surface area contributed by atoms with Crippen molar-refractivity contribution in [1.29, 1.82) is 5.26 Å². The summed E-state index contributed by atoms with van der Waals surface area (Å²) in [4.78, 5) is 7.94. The number of thiophene rings is 1. The van der Waals surface area contributed by atoms with Crippen LogP contribution in [-0.4, -0.2) is 9.97 Å². The first-order valence-corrected chi connectivity index (χ1v) is 6.66. The minimum Gasteiger partial charge on any atom is -0.366 e. The van der Waals surface area contributed by atoms with Crippen LogP contribution in [0.5, 0.6) is 0 Å². The zero-order valence-electron chi connectivity index (χ0n) is 10.00. The van der Waals surface area contributed by atoms with Crippen molar-refractivity contribution in [1.82, 2.24) is 9.97 Å². The molecule has 0 spiro atoms. The summed E-state index contributed by atoms with van der Waals surface area (Å²) in [6.07, 6.45) is 1.40. The maximum atomic E-state index is 8.79. The number of nitrogens with zero attached hydrogens (tertiary/aromatic N) is 3. The van der Waals surface area contributed by atoms with E-state index in [1.165, 1.54) is 22.0 Å². The molecule has 0 aliphatic carbocycles. The van der Waals surface area contributed by atoms with Crippen molar-refractivity contribution in [2.24, 2.45) is 0 Å². The first-order chi connectivity index (χ1) is 9.36. The summed E-state index contributed by atoms with van der Waals surface area (Å²) in [6, 6.07) is 12.0. The Bertz CT molecular complexity index is 757. The van der Waals surface area contributed by atoms with E-state index in [0.717, 1.165) is 0 Å². The van der Waals surface area contributed by atoms with Crippen LogP contribution >= 0.6 is 11.3 Å². The molecule has 19 heavy (non-hydrogen) atoms. The summed E-state index contributed by atoms with van der Waals surface area (Å²) >= 11 is 1.73. The summed E-state index contributed by atoms with van der Waals surface area (Å²) in [5.41, 5.74) is 1.60. The van der Waals surface area contributed by atoms with Gasteiger partial charge in [-0.05, 0) is 22.4 Å². The molecule has 5 heteroatoms. The van der Waals surface area contributed by atoms with Crippen LogP contribution in [0.3, 0.4) is 0 Å². The highest BCUT2D eigenvalue weighted by molar-refractivity contribution is 7.17. The van der Waals surface area contributed by atoms with Crippen molar-refractivity contribution in [2.45, 2.75) is 6.54 Å². The van der Waals surface area contributed by atoms with E-state index < -0.39 is 0 Å². The minimum absolute atomic E-state index is 0.368. The van der Waals surface area contributed by atoms with Crippen LogP contribution in [0.2, 0.25) is 0 Å². The molecule has 0 fully saturated rings. The number of hydrogen-bond acceptors (Lipinski definition) is 5. The second kappa shape index (κ2) is 5.04. The van der Waals surface area contributed by atoms with Gasteiger partial charge in [0.2, 0.25) is 0 Å². The molecule has 2 heterocycles. The third-order valence-corrected chi connectivity index (χ3v) is 3.82. The summed E-state index contributed by atoms with van der Waals surface area (Å²) in [6.45, 7) is 0.686.